The van der Waals surface area contributed by atoms with Crippen molar-refractivity contribution in [3.63, 3.8) is 0 Å². The Labute approximate surface area is 222 Å². The molecule has 0 spiro atoms. The highest BCUT2D eigenvalue weighted by molar-refractivity contribution is 7.83. The van der Waals surface area contributed by atoms with Crippen LogP contribution < -0.4 is 33.0 Å². The Bertz CT molecular complexity index is 1060. The number of carbonyl (C=O) groups is 4. The molecule has 3 unspecified atom stereocenters. The van der Waals surface area contributed by atoms with Crippen LogP contribution in [0.25, 0.3) is 0 Å². The van der Waals surface area contributed by atoms with Crippen LogP contribution >= 0.6 is 0 Å². The lowest BCUT2D eigenvalue weighted by Crippen LogP contribution is -2.49. The average molecular weight is 554 g/mol. The zero-order valence-electron chi connectivity index (χ0n) is 21.0. The summed E-state index contributed by atoms with van der Waals surface area (Å²) in [5.41, 5.74) is 21.1. The van der Waals surface area contributed by atoms with E-state index in [9.17, 15) is 28.5 Å². The van der Waals surface area contributed by atoms with Gasteiger partial charge in [0, 0.05) is 20.1 Å². The third kappa shape index (κ3) is 12.3. The Kier molecular flexibility index (Phi) is 14.0. The molecule has 1 aromatic rings. The number of carbonyl (C=O) groups excluding carboxylic acids is 3. The molecule has 15 nitrogen and oxygen atoms in total. The first-order valence-corrected chi connectivity index (χ1v) is 12.7. The molecule has 0 heterocycles. The van der Waals surface area contributed by atoms with E-state index in [2.05, 4.69) is 20.0 Å². The molecule has 210 valence electrons. The summed E-state index contributed by atoms with van der Waals surface area (Å²) in [4.78, 5) is 57.1. The summed E-state index contributed by atoms with van der Waals surface area (Å²) < 4.78 is 15.6. The number of nitrogens with two attached hydrogens (primary N) is 4. The van der Waals surface area contributed by atoms with Crippen molar-refractivity contribution in [3.8, 4) is 0 Å². The van der Waals surface area contributed by atoms with Crippen molar-refractivity contribution in [1.82, 2.24) is 14.9 Å². The van der Waals surface area contributed by atoms with Gasteiger partial charge in [-0.15, -0.1) is 0 Å². The fourth-order valence-corrected chi connectivity index (χ4v) is 4.23. The number of aliphatic imine (C=N–C) groups is 2. The minimum absolute atomic E-state index is 0.0647. The predicted molar refractivity (Wildman–Crippen MR) is 142 cm³/mol. The van der Waals surface area contributed by atoms with Gasteiger partial charge in [-0.3, -0.25) is 19.6 Å². The Morgan fingerprint density at radius 3 is 2.24 bits per heavy atom. The Hall–Kier alpha value is -4.05. The molecule has 1 aromatic carbocycles. The molecule has 11 N–H and O–H groups in total. The van der Waals surface area contributed by atoms with E-state index in [1.165, 1.54) is 31.3 Å². The van der Waals surface area contributed by atoms with Gasteiger partial charge >= 0.3 is 5.97 Å². The van der Waals surface area contributed by atoms with Crippen molar-refractivity contribution in [2.75, 3.05) is 26.7 Å². The van der Waals surface area contributed by atoms with Crippen LogP contribution in [-0.4, -0.2) is 89.0 Å². The number of nitrogens with one attached hydrogen (secondary N) is 2. The fourth-order valence-electron chi connectivity index (χ4n) is 3.18. The number of carboxylic acid groups (broad SMARTS) is 1. The molecule has 0 bridgehead atoms. The van der Waals surface area contributed by atoms with Crippen molar-refractivity contribution < 1.29 is 28.5 Å². The summed E-state index contributed by atoms with van der Waals surface area (Å²) in [7, 11) is -0.560. The van der Waals surface area contributed by atoms with Gasteiger partial charge in [0.25, 0.3) is 0 Å². The molecule has 0 saturated heterocycles. The van der Waals surface area contributed by atoms with Gasteiger partial charge in [0.15, 0.2) is 11.9 Å². The summed E-state index contributed by atoms with van der Waals surface area (Å²) in [5.74, 6) is -2.51. The molecular formula is C22H35N9O6S. The molecule has 1 rings (SSSR count). The molecule has 0 saturated carbocycles. The lowest BCUT2D eigenvalue weighted by atomic mass is 10.1. The highest BCUT2D eigenvalue weighted by Gasteiger charge is 2.26. The number of aldehydes is 1. The van der Waals surface area contributed by atoms with E-state index in [1.807, 2.05) is 0 Å². The molecule has 2 amide bonds. The van der Waals surface area contributed by atoms with Gasteiger partial charge in [-0.05, 0) is 43.9 Å². The number of nitrogens with zero attached hydrogens (tertiary/aromatic N) is 3. The third-order valence-electron chi connectivity index (χ3n) is 5.02. The van der Waals surface area contributed by atoms with E-state index in [1.54, 1.807) is 0 Å². The lowest BCUT2D eigenvalue weighted by molar-refractivity contribution is -0.136. The number of likely N-dealkylation sites (N-methyl/N-ethyl adjacent to an activating group) is 1. The maximum absolute atomic E-state index is 13.1. The molecule has 3 atom stereocenters. The number of hydrogen-bond donors (Lipinski definition) is 7. The second-order valence-corrected chi connectivity index (χ2v) is 9.42. The number of amides is 2. The number of benzene rings is 1. The average Bonchev–Trinajstić information content (AvgIpc) is 2.86. The van der Waals surface area contributed by atoms with Gasteiger partial charge in [-0.1, -0.05) is 6.07 Å². The van der Waals surface area contributed by atoms with Crippen molar-refractivity contribution in [1.29, 1.82) is 0 Å². The topological polar surface area (TPSA) is 262 Å². The number of guanidine groups is 2. The minimum Gasteiger partial charge on any atom is -0.478 e. The van der Waals surface area contributed by atoms with Crippen molar-refractivity contribution in [2.45, 2.75) is 42.7 Å². The molecule has 38 heavy (non-hydrogen) atoms. The van der Waals surface area contributed by atoms with Crippen LogP contribution in [0.3, 0.4) is 0 Å². The molecule has 0 aliphatic carbocycles. The number of aromatic carboxylic acids is 1. The van der Waals surface area contributed by atoms with Gasteiger partial charge in [-0.25, -0.2) is 13.7 Å². The Balaban J connectivity index is 2.86. The largest absolute Gasteiger partial charge is 0.478 e. The second-order valence-electron chi connectivity index (χ2n) is 8.17. The molecule has 16 heteroatoms. The zero-order valence-corrected chi connectivity index (χ0v) is 21.9. The van der Waals surface area contributed by atoms with Crippen LogP contribution in [0.1, 0.15) is 36.0 Å². The van der Waals surface area contributed by atoms with Crippen LogP contribution in [0.2, 0.25) is 0 Å². The van der Waals surface area contributed by atoms with Gasteiger partial charge in [0.05, 0.1) is 29.1 Å². The van der Waals surface area contributed by atoms with E-state index >= 15 is 0 Å². The Morgan fingerprint density at radius 2 is 1.68 bits per heavy atom. The number of hydrogen-bond acceptors (Lipinski definition) is 7. The smallest absolute Gasteiger partial charge is 0.335 e. The summed E-state index contributed by atoms with van der Waals surface area (Å²) in [6.07, 6.45) is 1.84. The van der Waals surface area contributed by atoms with Crippen LogP contribution in [0.4, 0.5) is 0 Å². The molecule has 0 fully saturated rings. The highest BCUT2D eigenvalue weighted by atomic mass is 32.2. The summed E-state index contributed by atoms with van der Waals surface area (Å²) in [5, 5.41) is 11.7. The Morgan fingerprint density at radius 1 is 1.08 bits per heavy atom. The second kappa shape index (κ2) is 16.6. The highest BCUT2D eigenvalue weighted by Crippen LogP contribution is 2.11. The summed E-state index contributed by atoms with van der Waals surface area (Å²) in [6.45, 7) is 0.130. The predicted octanol–water partition coefficient (Wildman–Crippen LogP) is -2.39. The third-order valence-corrected chi connectivity index (χ3v) is 6.20. The normalized spacial score (nSPS) is 12.9. The molecule has 0 aliphatic rings. The van der Waals surface area contributed by atoms with Crippen LogP contribution in [0.15, 0.2) is 39.1 Å². The fraction of sp³-hybridized carbons (Fsp3) is 0.455. The van der Waals surface area contributed by atoms with E-state index in [0.717, 1.165) is 4.90 Å². The standard InChI is InChI=1S/C22H35N9O6S/c1-31(12-18(33)29-15(13-32)6-3-9-27-21(23)24)19(34)17(8-4-10-28-22(25)26)30-38(37)16-7-2-5-14(11-16)20(35)36/h2,5,7,11,13,15,17,30H,3-4,6,8-10,12H2,1H3,(H,29,33)(H,35,36)(H4,23,24,27)(H4,25,26,28). The van der Waals surface area contributed by atoms with Gasteiger partial charge in [-0.2, -0.15) is 0 Å². The van der Waals surface area contributed by atoms with Crippen LogP contribution in [0.5, 0.6) is 0 Å². The minimum atomic E-state index is -1.94. The van der Waals surface area contributed by atoms with E-state index in [0.29, 0.717) is 32.1 Å². The number of carboxylic acids is 1. The number of rotatable bonds is 17. The van der Waals surface area contributed by atoms with E-state index in [4.69, 9.17) is 22.9 Å². The van der Waals surface area contributed by atoms with Crippen LogP contribution in [-0.2, 0) is 25.4 Å². The monoisotopic (exact) mass is 553 g/mol. The van der Waals surface area contributed by atoms with Crippen LogP contribution in [0, 0.1) is 0 Å². The lowest BCUT2D eigenvalue weighted by Gasteiger charge is -2.24. The quantitative estimate of drug-likeness (QED) is 0.0466. The van der Waals surface area contributed by atoms with E-state index < -0.39 is 40.9 Å². The van der Waals surface area contributed by atoms with Gasteiger partial charge in [0.1, 0.15) is 17.3 Å². The van der Waals surface area contributed by atoms with E-state index in [-0.39, 0.29) is 41.9 Å². The first-order valence-electron chi connectivity index (χ1n) is 11.6. The van der Waals surface area contributed by atoms with Gasteiger partial charge < -0.3 is 43.1 Å². The van der Waals surface area contributed by atoms with Gasteiger partial charge in [0.2, 0.25) is 11.8 Å². The summed E-state index contributed by atoms with van der Waals surface area (Å²) in [6, 6.07) is 3.67. The molecular weight excluding hydrogens is 518 g/mol. The zero-order chi connectivity index (χ0) is 28.7. The first-order chi connectivity index (χ1) is 17.9. The van der Waals surface area contributed by atoms with Crippen molar-refractivity contribution in [3.05, 3.63) is 29.8 Å². The van der Waals surface area contributed by atoms with Crippen molar-refractivity contribution >= 4 is 47.0 Å². The SMILES string of the molecule is CN(CC(=O)NC(C=O)CCCN=C(N)N)C(=O)C(CCCN=C(N)N)NS(=O)c1cccc(C(=O)O)c1. The summed E-state index contributed by atoms with van der Waals surface area (Å²) >= 11 is 0. The molecule has 0 aliphatic heterocycles. The molecule has 0 radical (unpaired) electrons. The molecule has 0 aromatic heterocycles. The maximum Gasteiger partial charge on any atom is 0.335 e. The van der Waals surface area contributed by atoms with Crippen molar-refractivity contribution in [2.24, 2.45) is 32.9 Å². The first kappa shape index (κ1) is 32.0. The maximum atomic E-state index is 13.1.